The lowest BCUT2D eigenvalue weighted by atomic mass is 10.1. The molecule has 0 saturated carbocycles. The van der Waals surface area contributed by atoms with Crippen LogP contribution in [-0.4, -0.2) is 21.4 Å². The van der Waals surface area contributed by atoms with E-state index in [4.69, 9.17) is 0 Å². The molecular weight excluding hydrogens is 364 g/mol. The van der Waals surface area contributed by atoms with Crippen LogP contribution in [0.15, 0.2) is 57.7 Å². The number of carbonyl (C=O) groups excluding carboxylic acids is 1. The highest BCUT2D eigenvalue weighted by atomic mass is 32.2. The number of H-pyrrole nitrogens is 1. The number of carbonyl (C=O) groups is 1. The average Bonchev–Trinajstić information content (AvgIpc) is 3.08. The molecule has 0 unspecified atom stereocenters. The Bertz CT molecular complexity index is 955. The molecule has 1 aromatic heterocycles. The van der Waals surface area contributed by atoms with Crippen LogP contribution in [0, 0.1) is 4.91 Å². The van der Waals surface area contributed by atoms with Crippen LogP contribution >= 0.6 is 11.8 Å². The van der Waals surface area contributed by atoms with Crippen LogP contribution in [0.25, 0.3) is 0 Å². The van der Waals surface area contributed by atoms with Gasteiger partial charge in [-0.1, -0.05) is 30.7 Å². The van der Waals surface area contributed by atoms with E-state index >= 15 is 0 Å². The average molecular weight is 383 g/mol. The monoisotopic (exact) mass is 383 g/mol. The first-order valence-electron chi connectivity index (χ1n) is 8.43. The predicted octanol–water partition coefficient (Wildman–Crippen LogP) is 3.38. The molecule has 2 N–H and O–H groups in total. The number of anilines is 1. The zero-order valence-corrected chi connectivity index (χ0v) is 15.8. The molecule has 0 spiro atoms. The molecule has 0 bridgehead atoms. The van der Waals surface area contributed by atoms with Crippen LogP contribution in [-0.2, 0) is 13.5 Å². The van der Waals surface area contributed by atoms with Gasteiger partial charge in [-0.15, -0.1) is 4.91 Å². The summed E-state index contributed by atoms with van der Waals surface area (Å²) >= 11 is 1.27. The third-order valence-electron chi connectivity index (χ3n) is 3.88. The van der Waals surface area contributed by atoms with Crippen LogP contribution < -0.4 is 10.00 Å². The Hall–Kier alpha value is -3.07. The quantitative estimate of drug-likeness (QED) is 0.481. The molecule has 27 heavy (non-hydrogen) atoms. The number of nitroso groups, excluding NO2 is 1. The van der Waals surface area contributed by atoms with Gasteiger partial charge >= 0.3 is 5.16 Å². The Kier molecular flexibility index (Phi) is 5.92. The normalized spacial score (nSPS) is 10.6. The van der Waals surface area contributed by atoms with Crippen LogP contribution in [0.5, 0.6) is 0 Å². The van der Waals surface area contributed by atoms with Gasteiger partial charge < -0.3 is 5.32 Å². The fraction of sp³-hybridized carbons (Fsp3) is 0.222. The SMILES string of the molecule is CCCc1ccc(NC(=O)c2cc(N=O)ccc2Sc2nn[nH][n+]2C)cc1. The lowest BCUT2D eigenvalue weighted by Crippen LogP contribution is -2.32. The van der Waals surface area contributed by atoms with Crippen molar-refractivity contribution in [1.29, 1.82) is 0 Å². The summed E-state index contributed by atoms with van der Waals surface area (Å²) in [4.78, 5) is 24.4. The van der Waals surface area contributed by atoms with Crippen LogP contribution in [0.1, 0.15) is 29.3 Å². The number of amides is 1. The van der Waals surface area contributed by atoms with Gasteiger partial charge in [0, 0.05) is 10.6 Å². The molecule has 138 valence electrons. The van der Waals surface area contributed by atoms with Crippen molar-refractivity contribution < 1.29 is 9.48 Å². The van der Waals surface area contributed by atoms with E-state index in [0.29, 0.717) is 21.3 Å². The summed E-state index contributed by atoms with van der Waals surface area (Å²) < 4.78 is 1.63. The van der Waals surface area contributed by atoms with Gasteiger partial charge in [0.15, 0.2) is 5.21 Å². The minimum atomic E-state index is -0.322. The summed E-state index contributed by atoms with van der Waals surface area (Å²) in [5.41, 5.74) is 2.44. The predicted molar refractivity (Wildman–Crippen MR) is 102 cm³/mol. The van der Waals surface area contributed by atoms with Crippen LogP contribution in [0.3, 0.4) is 0 Å². The van der Waals surface area contributed by atoms with E-state index in [9.17, 15) is 9.70 Å². The first-order valence-corrected chi connectivity index (χ1v) is 9.25. The molecule has 0 aliphatic heterocycles. The van der Waals surface area contributed by atoms with Gasteiger partial charge in [-0.05, 0) is 59.3 Å². The minimum absolute atomic E-state index is 0.187. The Balaban J connectivity index is 1.85. The highest BCUT2D eigenvalue weighted by molar-refractivity contribution is 7.99. The highest BCUT2D eigenvalue weighted by Crippen LogP contribution is 2.30. The van der Waals surface area contributed by atoms with Crippen molar-refractivity contribution in [3.8, 4) is 0 Å². The smallest absolute Gasteiger partial charge is 0.322 e. The van der Waals surface area contributed by atoms with Crippen molar-refractivity contribution >= 4 is 29.0 Å². The molecule has 0 fully saturated rings. The molecule has 1 heterocycles. The van der Waals surface area contributed by atoms with Crippen LogP contribution in [0.2, 0.25) is 0 Å². The number of aromatic nitrogens is 4. The van der Waals surface area contributed by atoms with E-state index in [-0.39, 0.29) is 11.6 Å². The van der Waals surface area contributed by atoms with Gasteiger partial charge in [0.2, 0.25) is 0 Å². The van der Waals surface area contributed by atoms with Crippen molar-refractivity contribution in [2.45, 2.75) is 29.8 Å². The number of benzene rings is 2. The second kappa shape index (κ2) is 8.54. The number of hydrogen-bond donors (Lipinski definition) is 2. The van der Waals surface area contributed by atoms with Crippen molar-refractivity contribution in [2.24, 2.45) is 12.2 Å². The molecule has 2 aromatic carbocycles. The lowest BCUT2D eigenvalue weighted by Gasteiger charge is -2.09. The molecule has 1 amide bonds. The largest absolute Gasteiger partial charge is 0.364 e. The Morgan fingerprint density at radius 1 is 1.26 bits per heavy atom. The van der Waals surface area contributed by atoms with Crippen LogP contribution in [0.4, 0.5) is 11.4 Å². The van der Waals surface area contributed by atoms with E-state index in [2.05, 4.69) is 32.9 Å². The van der Waals surface area contributed by atoms with E-state index < -0.39 is 0 Å². The van der Waals surface area contributed by atoms with Gasteiger partial charge in [0.25, 0.3) is 5.91 Å². The Labute approximate surface area is 160 Å². The topological polar surface area (TPSA) is 104 Å². The Morgan fingerprint density at radius 2 is 2.04 bits per heavy atom. The molecule has 0 atom stereocenters. The van der Waals surface area contributed by atoms with E-state index in [0.717, 1.165) is 12.8 Å². The van der Waals surface area contributed by atoms with Crippen molar-refractivity contribution in [3.63, 3.8) is 0 Å². The summed E-state index contributed by atoms with van der Waals surface area (Å²) in [6.07, 6.45) is 2.06. The first-order chi connectivity index (χ1) is 13.1. The summed E-state index contributed by atoms with van der Waals surface area (Å²) in [5, 5.41) is 16.7. The first kappa shape index (κ1) is 18.7. The number of rotatable bonds is 7. The number of aromatic amines is 1. The Morgan fingerprint density at radius 3 is 2.67 bits per heavy atom. The summed E-state index contributed by atoms with van der Waals surface area (Å²) in [5.74, 6) is -0.322. The third kappa shape index (κ3) is 4.56. The maximum Gasteiger partial charge on any atom is 0.364 e. The lowest BCUT2D eigenvalue weighted by molar-refractivity contribution is -0.765. The second-order valence-corrected chi connectivity index (χ2v) is 6.93. The van der Waals surface area contributed by atoms with Crippen molar-refractivity contribution in [3.05, 3.63) is 58.5 Å². The fourth-order valence-corrected chi connectivity index (χ4v) is 3.37. The molecule has 8 nitrogen and oxygen atoms in total. The summed E-state index contributed by atoms with van der Waals surface area (Å²) in [6.45, 7) is 2.12. The van der Waals surface area contributed by atoms with Gasteiger partial charge in [0.05, 0.1) is 12.6 Å². The summed E-state index contributed by atoms with van der Waals surface area (Å²) in [7, 11) is 1.77. The standard InChI is InChI=1S/C18H18N6O2S/c1-3-4-12-5-7-13(8-6-12)19-17(25)15-11-14(21-26)9-10-16(15)27-18-20-22-23-24(18)2/h5-11H,3-4H2,1-2H3,(H,19,25)/p+1. The number of nitrogens with one attached hydrogen (secondary N) is 2. The molecule has 0 aliphatic carbocycles. The van der Waals surface area contributed by atoms with Gasteiger partial charge in [-0.3, -0.25) is 4.79 Å². The van der Waals surface area contributed by atoms with E-state index in [1.54, 1.807) is 23.9 Å². The van der Waals surface area contributed by atoms with E-state index in [1.165, 1.54) is 23.4 Å². The number of aryl methyl sites for hydroxylation is 2. The van der Waals surface area contributed by atoms with Crippen molar-refractivity contribution in [2.75, 3.05) is 5.32 Å². The molecular formula is C18H19N6O2S+. The zero-order chi connectivity index (χ0) is 19.2. The summed E-state index contributed by atoms with van der Waals surface area (Å²) in [6, 6.07) is 12.4. The number of tetrazole rings is 1. The third-order valence-corrected chi connectivity index (χ3v) is 5.00. The number of nitrogens with zero attached hydrogens (tertiary/aromatic N) is 4. The molecule has 9 heteroatoms. The maximum atomic E-state index is 12.8. The minimum Gasteiger partial charge on any atom is -0.322 e. The fourth-order valence-electron chi connectivity index (χ4n) is 2.51. The highest BCUT2D eigenvalue weighted by Gasteiger charge is 2.20. The molecule has 0 aliphatic rings. The van der Waals surface area contributed by atoms with Gasteiger partial charge in [-0.25, -0.2) is 0 Å². The molecule has 0 radical (unpaired) electrons. The van der Waals surface area contributed by atoms with Gasteiger partial charge in [-0.2, -0.15) is 4.68 Å². The van der Waals surface area contributed by atoms with Gasteiger partial charge in [0.1, 0.15) is 10.8 Å². The zero-order valence-electron chi connectivity index (χ0n) is 15.0. The number of hydrogen-bond acceptors (Lipinski definition) is 6. The van der Waals surface area contributed by atoms with Crippen molar-refractivity contribution in [1.82, 2.24) is 15.5 Å². The molecule has 3 rings (SSSR count). The van der Waals surface area contributed by atoms with E-state index in [1.807, 2.05) is 24.3 Å². The second-order valence-electron chi connectivity index (χ2n) is 5.92. The molecule has 3 aromatic rings. The maximum absolute atomic E-state index is 12.8. The molecule has 0 saturated heterocycles.